The molecule has 42 heavy (non-hydrogen) atoms. The van der Waals surface area contributed by atoms with Crippen LogP contribution < -0.4 is 0 Å². The molecule has 200 valence electrons. The Kier molecular flexibility index (Phi) is 5.28. The molecule has 0 bridgehead atoms. The highest BCUT2D eigenvalue weighted by molar-refractivity contribution is 7.31. The summed E-state index contributed by atoms with van der Waals surface area (Å²) in [6.45, 7) is 0. The van der Waals surface area contributed by atoms with E-state index in [-0.39, 0.29) is 0 Å². The summed E-state index contributed by atoms with van der Waals surface area (Å²) >= 11 is 12.9. The van der Waals surface area contributed by atoms with Gasteiger partial charge in [-0.25, -0.2) is 39.9 Å². The second-order valence-electron chi connectivity index (χ2n) is 9.05. The van der Waals surface area contributed by atoms with E-state index in [0.717, 1.165) is 90.3 Å². The van der Waals surface area contributed by atoms with E-state index in [1.54, 1.807) is 90.7 Å². The maximum absolute atomic E-state index is 4.98. The Hall–Kier alpha value is -3.22. The van der Waals surface area contributed by atoms with Crippen molar-refractivity contribution in [2.75, 3.05) is 0 Å². The number of thiazole rings is 8. The van der Waals surface area contributed by atoms with Gasteiger partial charge in [-0.1, -0.05) is 22.7 Å². The van der Waals surface area contributed by atoms with Crippen LogP contribution in [0.4, 0.5) is 0 Å². The van der Waals surface area contributed by atoms with Gasteiger partial charge in [0.2, 0.25) is 0 Å². The summed E-state index contributed by atoms with van der Waals surface area (Å²) in [6, 6.07) is 8.80. The molecule has 10 aromatic rings. The van der Waals surface area contributed by atoms with Crippen LogP contribution in [0, 0.1) is 0 Å². The third-order valence-corrected chi connectivity index (χ3v) is 14.8. The van der Waals surface area contributed by atoms with Crippen LogP contribution in [0.1, 0.15) is 0 Å². The van der Waals surface area contributed by atoms with E-state index in [4.69, 9.17) is 19.9 Å². The fourth-order valence-corrected chi connectivity index (χ4v) is 12.1. The maximum atomic E-state index is 4.98. The lowest BCUT2D eigenvalue weighted by atomic mass is 10.1. The monoisotopic (exact) mass is 688 g/mol. The molecule has 8 heterocycles. The van der Waals surface area contributed by atoms with E-state index in [2.05, 4.69) is 44.2 Å². The third kappa shape index (κ3) is 3.84. The van der Waals surface area contributed by atoms with Crippen molar-refractivity contribution >= 4 is 141 Å². The smallest absolute Gasteiger partial charge is 0.155 e. The normalized spacial score (nSPS) is 12.3. The van der Waals surface area contributed by atoms with Gasteiger partial charge in [0.15, 0.2) is 39.4 Å². The van der Waals surface area contributed by atoms with Crippen molar-refractivity contribution < 1.29 is 0 Å². The molecule has 0 fully saturated rings. The highest BCUT2D eigenvalue weighted by Gasteiger charge is 2.18. The summed E-state index contributed by atoms with van der Waals surface area (Å²) < 4.78 is 2.29. The van der Waals surface area contributed by atoms with Crippen molar-refractivity contribution in [1.82, 2.24) is 39.9 Å². The third-order valence-electron chi connectivity index (χ3n) is 6.48. The Labute approximate surface area is 266 Å². The topological polar surface area (TPSA) is 103 Å². The van der Waals surface area contributed by atoms with Crippen molar-refractivity contribution in [2.45, 2.75) is 0 Å². The summed E-state index contributed by atoms with van der Waals surface area (Å²) in [6.07, 6.45) is 3.81. The Morgan fingerprint density at radius 2 is 0.905 bits per heavy atom. The molecule has 10 rings (SSSR count). The van der Waals surface area contributed by atoms with Gasteiger partial charge in [0.25, 0.3) is 0 Å². The van der Waals surface area contributed by atoms with E-state index in [9.17, 15) is 0 Å². The number of rotatable bonds is 4. The van der Waals surface area contributed by atoms with Gasteiger partial charge in [0, 0.05) is 12.4 Å². The lowest BCUT2D eigenvalue weighted by Gasteiger charge is -1.97. The van der Waals surface area contributed by atoms with E-state index in [0.29, 0.717) is 0 Å². The average Bonchev–Trinajstić information content (AvgIpc) is 3.82. The van der Waals surface area contributed by atoms with Gasteiger partial charge in [-0.05, 0) is 35.0 Å². The molecule has 0 unspecified atom stereocenters. The molecule has 0 amide bonds. The molecule has 0 aliphatic heterocycles. The second kappa shape index (κ2) is 9.14. The SMILES string of the molecule is c1nc2sc(-c3ncc(-c4nc5cc6cc7sc(-c8cnc(-c9nc%10scnc%10s9)s8)nc7cc6cc5s4)s3)nc2s1. The molecule has 0 aliphatic carbocycles. The number of hydrogen-bond acceptors (Lipinski definition) is 16. The van der Waals surface area contributed by atoms with Crippen LogP contribution >= 0.6 is 90.7 Å². The molecule has 0 saturated carbocycles. The lowest BCUT2D eigenvalue weighted by Crippen LogP contribution is -1.76. The second-order valence-corrected chi connectivity index (χ2v) is 16.8. The van der Waals surface area contributed by atoms with Crippen molar-refractivity contribution in [1.29, 1.82) is 0 Å². The molecule has 0 saturated heterocycles. The van der Waals surface area contributed by atoms with Crippen LogP contribution in [0.15, 0.2) is 47.7 Å². The van der Waals surface area contributed by atoms with Crippen LogP contribution in [0.25, 0.3) is 90.3 Å². The van der Waals surface area contributed by atoms with Crippen molar-refractivity contribution in [3.63, 3.8) is 0 Å². The number of benzene rings is 2. The Morgan fingerprint density at radius 3 is 1.38 bits per heavy atom. The minimum absolute atomic E-state index is 0.906. The molecule has 0 spiro atoms. The molecule has 8 nitrogen and oxygen atoms in total. The quantitative estimate of drug-likeness (QED) is 0.180. The van der Waals surface area contributed by atoms with Gasteiger partial charge >= 0.3 is 0 Å². The summed E-state index contributed by atoms with van der Waals surface area (Å²) in [4.78, 5) is 43.3. The zero-order valence-electron chi connectivity index (χ0n) is 20.5. The molecular weight excluding hydrogens is 681 g/mol. The first-order valence-corrected chi connectivity index (χ1v) is 18.8. The highest BCUT2D eigenvalue weighted by Crippen LogP contribution is 2.42. The van der Waals surface area contributed by atoms with E-state index < -0.39 is 0 Å². The van der Waals surface area contributed by atoms with Gasteiger partial charge in [0.05, 0.1) is 41.2 Å². The van der Waals surface area contributed by atoms with Crippen molar-refractivity contribution in [3.8, 4) is 39.8 Å². The minimum Gasteiger partial charge on any atom is -0.241 e. The fourth-order valence-electron chi connectivity index (χ4n) is 4.59. The molecular formula is C26H8N8S8. The van der Waals surface area contributed by atoms with Gasteiger partial charge in [-0.2, -0.15) is 0 Å². The number of hydrogen-bond donors (Lipinski definition) is 0. The molecule has 0 N–H and O–H groups in total. The zero-order valence-corrected chi connectivity index (χ0v) is 27.0. The van der Waals surface area contributed by atoms with E-state index >= 15 is 0 Å². The highest BCUT2D eigenvalue weighted by atomic mass is 32.1. The summed E-state index contributed by atoms with van der Waals surface area (Å²) in [7, 11) is 0. The Morgan fingerprint density at radius 1 is 0.405 bits per heavy atom. The largest absolute Gasteiger partial charge is 0.241 e. The average molecular weight is 689 g/mol. The van der Waals surface area contributed by atoms with Crippen LogP contribution in [-0.4, -0.2) is 39.9 Å². The lowest BCUT2D eigenvalue weighted by molar-refractivity contribution is 1.38. The van der Waals surface area contributed by atoms with E-state index in [1.807, 2.05) is 23.4 Å². The van der Waals surface area contributed by atoms with E-state index in [1.165, 1.54) is 0 Å². The molecule has 16 heteroatoms. The van der Waals surface area contributed by atoms with Gasteiger partial charge in [-0.3, -0.25) is 0 Å². The molecule has 0 atom stereocenters. The van der Waals surface area contributed by atoms with Gasteiger partial charge < -0.3 is 0 Å². The van der Waals surface area contributed by atoms with Crippen LogP contribution in [0.5, 0.6) is 0 Å². The van der Waals surface area contributed by atoms with Crippen LogP contribution in [0.2, 0.25) is 0 Å². The number of fused-ring (bicyclic) bond motifs is 5. The standard InChI is InChI=1S/C26H8N8S8/c1-9-3-14-12(32-18(38-14)16-6-28-22(40-16)26-34-24-20(42-26)30-8-36-24)2-10(9)4-13-11(1)31-17(37-13)15-5-27-21(39-15)25-33-23-19(41-25)29-7-35-23/h1-8H. The number of nitrogens with zero attached hydrogens (tertiary/aromatic N) is 8. The zero-order chi connectivity index (χ0) is 27.4. The summed E-state index contributed by atoms with van der Waals surface area (Å²) in [5.74, 6) is 0. The molecule has 0 aliphatic rings. The Bertz CT molecular complexity index is 2320. The predicted molar refractivity (Wildman–Crippen MR) is 181 cm³/mol. The Balaban J connectivity index is 0.990. The summed E-state index contributed by atoms with van der Waals surface area (Å²) in [5.41, 5.74) is 5.64. The minimum atomic E-state index is 0.906. The molecule has 0 radical (unpaired) electrons. The molecule has 2 aromatic carbocycles. The van der Waals surface area contributed by atoms with Crippen LogP contribution in [0.3, 0.4) is 0 Å². The van der Waals surface area contributed by atoms with Gasteiger partial charge in [-0.15, -0.1) is 68.0 Å². The van der Waals surface area contributed by atoms with Crippen LogP contribution in [-0.2, 0) is 0 Å². The summed E-state index contributed by atoms with van der Waals surface area (Å²) in [5, 5.41) is 7.89. The first-order valence-electron chi connectivity index (χ1n) is 12.2. The first-order chi connectivity index (χ1) is 20.7. The molecule has 8 aromatic heterocycles. The number of aromatic nitrogens is 8. The predicted octanol–water partition coefficient (Wildman–Crippen LogP) is 9.77. The van der Waals surface area contributed by atoms with Crippen molar-refractivity contribution in [3.05, 3.63) is 47.7 Å². The van der Waals surface area contributed by atoms with Gasteiger partial charge in [0.1, 0.15) is 10.0 Å². The fraction of sp³-hybridized carbons (Fsp3) is 0. The maximum Gasteiger partial charge on any atom is 0.155 e. The first kappa shape index (κ1) is 24.2. The van der Waals surface area contributed by atoms with Crippen molar-refractivity contribution in [2.24, 2.45) is 0 Å².